The van der Waals surface area contributed by atoms with Crippen LogP contribution in [0.15, 0.2) is 16.7 Å². The number of nitrogens with zero attached hydrogens (tertiary/aromatic N) is 4. The maximum Gasteiger partial charge on any atom is 0.255 e. The fourth-order valence-electron chi connectivity index (χ4n) is 3.55. The molecular weight excluding hydrogens is 304 g/mol. The van der Waals surface area contributed by atoms with Crippen LogP contribution >= 0.6 is 0 Å². The van der Waals surface area contributed by atoms with E-state index in [-0.39, 0.29) is 5.91 Å². The Morgan fingerprint density at radius 2 is 1.88 bits per heavy atom. The second-order valence-corrected chi connectivity index (χ2v) is 6.90. The molecule has 0 unspecified atom stereocenters. The first kappa shape index (κ1) is 16.8. The highest BCUT2D eigenvalue weighted by Gasteiger charge is 2.27. The number of carbonyl (C=O) groups excluding carboxylic acids is 1. The summed E-state index contributed by atoms with van der Waals surface area (Å²) in [5.74, 6) is 1.61. The summed E-state index contributed by atoms with van der Waals surface area (Å²) >= 11 is 0. The van der Waals surface area contributed by atoms with Crippen molar-refractivity contribution in [1.29, 1.82) is 0 Å². The molecule has 1 saturated heterocycles. The number of hydrogen-bond acceptors (Lipinski definition) is 4. The molecule has 2 aromatic rings. The van der Waals surface area contributed by atoms with Gasteiger partial charge in [-0.2, -0.15) is 0 Å². The van der Waals surface area contributed by atoms with Crippen molar-refractivity contribution in [1.82, 2.24) is 19.5 Å². The summed E-state index contributed by atoms with van der Waals surface area (Å²) in [5, 5.41) is 4.08. The smallest absolute Gasteiger partial charge is 0.255 e. The summed E-state index contributed by atoms with van der Waals surface area (Å²) in [6, 6.07) is 4.41. The van der Waals surface area contributed by atoms with Gasteiger partial charge in [0.1, 0.15) is 5.76 Å². The summed E-state index contributed by atoms with van der Waals surface area (Å²) in [7, 11) is 4.21. The highest BCUT2D eigenvalue weighted by molar-refractivity contribution is 5.96. The van der Waals surface area contributed by atoms with Crippen LogP contribution in [-0.4, -0.2) is 58.7 Å². The Labute approximate surface area is 143 Å². The quantitative estimate of drug-likeness (QED) is 0.868. The van der Waals surface area contributed by atoms with Gasteiger partial charge in [0.25, 0.3) is 5.91 Å². The van der Waals surface area contributed by atoms with Crippen molar-refractivity contribution in [3.63, 3.8) is 0 Å². The monoisotopic (exact) mass is 330 g/mol. The van der Waals surface area contributed by atoms with Crippen LogP contribution in [0, 0.1) is 20.8 Å². The predicted molar refractivity (Wildman–Crippen MR) is 92.7 cm³/mol. The lowest BCUT2D eigenvalue weighted by molar-refractivity contribution is 0.0662. The van der Waals surface area contributed by atoms with Crippen molar-refractivity contribution in [3.05, 3.63) is 34.8 Å². The number of aromatic nitrogens is 2. The molecule has 2 aromatic heterocycles. The van der Waals surface area contributed by atoms with E-state index in [1.165, 1.54) is 0 Å². The number of aryl methyl sites for hydroxylation is 2. The minimum absolute atomic E-state index is 0.117. The lowest BCUT2D eigenvalue weighted by atomic mass is 10.0. The number of carbonyl (C=O) groups is 1. The highest BCUT2D eigenvalue weighted by Crippen LogP contribution is 2.24. The molecule has 3 heterocycles. The Kier molecular flexibility index (Phi) is 4.49. The van der Waals surface area contributed by atoms with E-state index in [0.29, 0.717) is 6.04 Å². The Morgan fingerprint density at radius 1 is 1.21 bits per heavy atom. The second kappa shape index (κ2) is 6.43. The van der Waals surface area contributed by atoms with Gasteiger partial charge in [-0.25, -0.2) is 0 Å². The predicted octanol–water partition coefficient (Wildman–Crippen LogP) is 2.56. The van der Waals surface area contributed by atoms with Crippen LogP contribution < -0.4 is 0 Å². The van der Waals surface area contributed by atoms with E-state index < -0.39 is 0 Å². The summed E-state index contributed by atoms with van der Waals surface area (Å²) in [6.07, 6.45) is 2.06. The Balaban J connectivity index is 1.82. The fourth-order valence-corrected chi connectivity index (χ4v) is 3.55. The van der Waals surface area contributed by atoms with Gasteiger partial charge in [-0.3, -0.25) is 9.36 Å². The van der Waals surface area contributed by atoms with Gasteiger partial charge in [0.2, 0.25) is 0 Å². The molecule has 1 aliphatic heterocycles. The van der Waals surface area contributed by atoms with Crippen molar-refractivity contribution in [2.45, 2.75) is 39.7 Å². The van der Waals surface area contributed by atoms with E-state index in [2.05, 4.69) is 24.2 Å². The van der Waals surface area contributed by atoms with Crippen LogP contribution in [0.4, 0.5) is 0 Å². The average molecular weight is 330 g/mol. The lowest BCUT2D eigenvalue weighted by Gasteiger charge is -2.35. The van der Waals surface area contributed by atoms with Crippen LogP contribution in [0.5, 0.6) is 0 Å². The van der Waals surface area contributed by atoms with E-state index in [0.717, 1.165) is 54.5 Å². The number of rotatable bonds is 3. The van der Waals surface area contributed by atoms with Gasteiger partial charge in [0.05, 0.1) is 5.56 Å². The summed E-state index contributed by atoms with van der Waals surface area (Å²) in [6.45, 7) is 7.46. The highest BCUT2D eigenvalue weighted by atomic mass is 16.5. The van der Waals surface area contributed by atoms with Gasteiger partial charge in [-0.05, 0) is 53.8 Å². The van der Waals surface area contributed by atoms with Gasteiger partial charge in [-0.1, -0.05) is 5.16 Å². The fraction of sp³-hybridized carbons (Fsp3) is 0.556. The Morgan fingerprint density at radius 3 is 2.42 bits per heavy atom. The lowest BCUT2D eigenvalue weighted by Crippen LogP contribution is -2.44. The molecule has 1 aliphatic rings. The van der Waals surface area contributed by atoms with Crippen LogP contribution in [-0.2, 0) is 0 Å². The molecule has 130 valence electrons. The van der Waals surface area contributed by atoms with Crippen LogP contribution in [0.3, 0.4) is 0 Å². The van der Waals surface area contributed by atoms with Crippen LogP contribution in [0.1, 0.15) is 40.3 Å². The zero-order chi connectivity index (χ0) is 17.4. The van der Waals surface area contributed by atoms with Gasteiger partial charge >= 0.3 is 0 Å². The first-order valence-corrected chi connectivity index (χ1v) is 8.47. The molecule has 0 N–H and O–H groups in total. The van der Waals surface area contributed by atoms with Crippen molar-refractivity contribution >= 4 is 5.91 Å². The molecule has 0 atom stereocenters. The zero-order valence-corrected chi connectivity index (χ0v) is 15.2. The van der Waals surface area contributed by atoms with E-state index in [4.69, 9.17) is 4.52 Å². The Hall–Kier alpha value is -2.08. The normalized spacial score (nSPS) is 16.2. The van der Waals surface area contributed by atoms with E-state index in [1.54, 1.807) is 0 Å². The maximum atomic E-state index is 13.0. The molecule has 0 saturated carbocycles. The summed E-state index contributed by atoms with van der Waals surface area (Å²) in [4.78, 5) is 17.2. The third-order valence-electron chi connectivity index (χ3n) is 4.99. The topological polar surface area (TPSA) is 54.5 Å². The molecule has 0 aromatic carbocycles. The molecule has 6 heteroatoms. The molecule has 24 heavy (non-hydrogen) atoms. The molecular formula is C18H26N4O2. The largest absolute Gasteiger partial charge is 0.360 e. The van der Waals surface area contributed by atoms with E-state index in [9.17, 15) is 4.79 Å². The molecule has 3 rings (SSSR count). The number of hydrogen-bond donors (Lipinski definition) is 0. The minimum Gasteiger partial charge on any atom is -0.360 e. The average Bonchev–Trinajstić information content (AvgIpc) is 3.09. The third kappa shape index (κ3) is 2.98. The number of piperidine rings is 1. The van der Waals surface area contributed by atoms with Crippen molar-refractivity contribution in [2.24, 2.45) is 0 Å². The minimum atomic E-state index is 0.117. The first-order chi connectivity index (χ1) is 11.4. The standard InChI is InChI=1S/C18H26N4O2/c1-12-10-16(14(3)22(12)17-11-13(2)24-19-17)18(23)21-8-6-15(7-9-21)20(4)5/h10-11,15H,6-9H2,1-5H3. The molecule has 6 nitrogen and oxygen atoms in total. The molecule has 0 radical (unpaired) electrons. The number of likely N-dealkylation sites (tertiary alicyclic amines) is 1. The maximum absolute atomic E-state index is 13.0. The van der Waals surface area contributed by atoms with Crippen molar-refractivity contribution < 1.29 is 9.32 Å². The van der Waals surface area contributed by atoms with Gasteiger partial charge in [0, 0.05) is 36.6 Å². The van der Waals surface area contributed by atoms with Gasteiger partial charge in [-0.15, -0.1) is 0 Å². The SMILES string of the molecule is Cc1cc(-n2c(C)cc(C(=O)N3CCC(N(C)C)CC3)c2C)no1. The third-order valence-corrected chi connectivity index (χ3v) is 4.99. The molecule has 1 amide bonds. The van der Waals surface area contributed by atoms with Crippen LogP contribution in [0.2, 0.25) is 0 Å². The van der Waals surface area contributed by atoms with Crippen molar-refractivity contribution in [2.75, 3.05) is 27.2 Å². The summed E-state index contributed by atoms with van der Waals surface area (Å²) < 4.78 is 7.16. The van der Waals surface area contributed by atoms with E-state index in [1.807, 2.05) is 42.4 Å². The van der Waals surface area contributed by atoms with E-state index >= 15 is 0 Å². The Bertz CT molecular complexity index is 736. The van der Waals surface area contributed by atoms with Crippen molar-refractivity contribution in [3.8, 4) is 5.82 Å². The first-order valence-electron chi connectivity index (χ1n) is 8.47. The molecule has 1 fully saturated rings. The van der Waals surface area contributed by atoms with Crippen LogP contribution in [0.25, 0.3) is 5.82 Å². The zero-order valence-electron chi connectivity index (χ0n) is 15.2. The molecule has 0 aliphatic carbocycles. The van der Waals surface area contributed by atoms with Gasteiger partial charge in [0.15, 0.2) is 5.82 Å². The molecule has 0 bridgehead atoms. The second-order valence-electron chi connectivity index (χ2n) is 6.90. The number of amides is 1. The van der Waals surface area contributed by atoms with Gasteiger partial charge < -0.3 is 14.3 Å². The molecule has 0 spiro atoms. The summed E-state index contributed by atoms with van der Waals surface area (Å²) in [5.41, 5.74) is 2.67.